The van der Waals surface area contributed by atoms with Crippen molar-refractivity contribution in [1.82, 2.24) is 5.73 Å². The molecular formula is C8H14N2O4S2. The molecule has 0 spiro atoms. The molecule has 2 unspecified atom stereocenters. The second-order valence-corrected chi connectivity index (χ2v) is 5.72. The Labute approximate surface area is 102 Å². The molecule has 0 saturated carbocycles. The maximum absolute atomic E-state index is 10.3. The van der Waals surface area contributed by atoms with Gasteiger partial charge >= 0.3 is 11.9 Å². The van der Waals surface area contributed by atoms with Gasteiger partial charge in [-0.1, -0.05) is 21.6 Å². The molecule has 0 aromatic rings. The van der Waals surface area contributed by atoms with Crippen molar-refractivity contribution in [3.05, 3.63) is 0 Å². The minimum Gasteiger partial charge on any atom is -0.480 e. The number of hydrogen-bond acceptors (Lipinski definition) is 5. The van der Waals surface area contributed by atoms with Gasteiger partial charge in [-0.25, -0.2) is 0 Å². The topological polar surface area (TPSA) is 123 Å². The van der Waals surface area contributed by atoms with E-state index in [0.29, 0.717) is 17.9 Å². The molecule has 0 saturated heterocycles. The van der Waals surface area contributed by atoms with Crippen LogP contribution < -0.4 is 11.5 Å². The number of nitrogens with two attached hydrogens (primary N) is 1. The fourth-order valence-electron chi connectivity index (χ4n) is 0.700. The fraction of sp³-hybridized carbons (Fsp3) is 0.750. The Morgan fingerprint density at radius 2 is 1.62 bits per heavy atom. The average molecular weight is 266 g/mol. The van der Waals surface area contributed by atoms with Crippen molar-refractivity contribution in [2.75, 3.05) is 11.5 Å². The van der Waals surface area contributed by atoms with E-state index in [-0.39, 0.29) is 6.42 Å². The quantitative estimate of drug-likeness (QED) is 0.399. The van der Waals surface area contributed by atoms with E-state index in [1.165, 1.54) is 21.6 Å². The van der Waals surface area contributed by atoms with Crippen LogP contribution in [0.3, 0.4) is 0 Å². The number of rotatable bonds is 9. The normalized spacial score (nSPS) is 14.4. The maximum Gasteiger partial charge on any atom is 0.324 e. The molecular weight excluding hydrogens is 252 g/mol. The Bertz CT molecular complexity index is 216. The van der Waals surface area contributed by atoms with Gasteiger partial charge in [0.1, 0.15) is 12.1 Å². The van der Waals surface area contributed by atoms with Crippen LogP contribution in [0.5, 0.6) is 0 Å². The summed E-state index contributed by atoms with van der Waals surface area (Å²) in [5.41, 5.74) is 14.2. The molecule has 0 fully saturated rings. The molecule has 2 radical (unpaired) electrons. The average Bonchev–Trinajstić information content (AvgIpc) is 2.21. The molecule has 0 aliphatic carbocycles. The Morgan fingerprint density at radius 3 is 2.06 bits per heavy atom. The predicted molar refractivity (Wildman–Crippen MR) is 63.3 cm³/mol. The largest absolute Gasteiger partial charge is 0.480 e. The van der Waals surface area contributed by atoms with Crippen molar-refractivity contribution in [1.29, 1.82) is 0 Å². The summed E-state index contributed by atoms with van der Waals surface area (Å²) in [6.07, 6.45) is 0.548. The van der Waals surface area contributed by atoms with Crippen molar-refractivity contribution in [2.45, 2.75) is 24.9 Å². The second kappa shape index (κ2) is 8.68. The van der Waals surface area contributed by atoms with Crippen LogP contribution >= 0.6 is 21.6 Å². The minimum atomic E-state index is -1.32. The van der Waals surface area contributed by atoms with E-state index in [1.54, 1.807) is 0 Å². The number of aliphatic carboxylic acids is 2. The molecule has 4 N–H and O–H groups in total. The highest BCUT2D eigenvalue weighted by molar-refractivity contribution is 8.76. The van der Waals surface area contributed by atoms with Crippen molar-refractivity contribution in [3.8, 4) is 0 Å². The Hall–Kier alpha value is -0.440. The predicted octanol–water partition coefficient (Wildman–Crippen LogP) is 0.0818. The number of carbonyl (C=O) groups is 2. The van der Waals surface area contributed by atoms with Crippen LogP contribution in [0, 0.1) is 0 Å². The van der Waals surface area contributed by atoms with Gasteiger partial charge in [-0.05, 0) is 12.8 Å². The lowest BCUT2D eigenvalue weighted by molar-refractivity contribution is -0.139. The summed E-state index contributed by atoms with van der Waals surface area (Å²) in [6.45, 7) is 0. The summed E-state index contributed by atoms with van der Waals surface area (Å²) in [6, 6.07) is -2.17. The van der Waals surface area contributed by atoms with Crippen molar-refractivity contribution in [3.63, 3.8) is 0 Å². The van der Waals surface area contributed by atoms with Gasteiger partial charge in [0.15, 0.2) is 0 Å². The van der Waals surface area contributed by atoms with E-state index >= 15 is 0 Å². The molecule has 0 rings (SSSR count). The standard InChI is InChI=1S/C8H14N2O4S2/c9-5(7(11)12)1-3-15-16-4-2-6(10)8(13)14/h5-6H,1-4,9H2,(H,11,12)(H,13,14). The number of carboxylic acid groups (broad SMARTS) is 2. The summed E-state index contributed by atoms with van der Waals surface area (Å²) < 4.78 is 0. The van der Waals surface area contributed by atoms with E-state index in [2.05, 4.69) is 0 Å². The molecule has 0 amide bonds. The summed E-state index contributed by atoms with van der Waals surface area (Å²) in [5, 5.41) is 16.8. The third-order valence-corrected chi connectivity index (χ3v) is 4.14. The first-order valence-electron chi connectivity index (χ1n) is 4.58. The Morgan fingerprint density at radius 1 is 1.12 bits per heavy atom. The lowest BCUT2D eigenvalue weighted by Gasteiger charge is -2.06. The zero-order valence-corrected chi connectivity index (χ0v) is 10.2. The second-order valence-electron chi connectivity index (χ2n) is 3.02. The van der Waals surface area contributed by atoms with E-state index in [1.807, 2.05) is 0 Å². The Kier molecular flexibility index (Phi) is 8.44. The van der Waals surface area contributed by atoms with Crippen LogP contribution in [-0.2, 0) is 9.59 Å². The highest BCUT2D eigenvalue weighted by atomic mass is 33.1. The Balaban J connectivity index is 3.34. The zero-order chi connectivity index (χ0) is 12.6. The van der Waals surface area contributed by atoms with Gasteiger partial charge in [-0.2, -0.15) is 0 Å². The highest BCUT2D eigenvalue weighted by Gasteiger charge is 2.13. The first kappa shape index (κ1) is 15.6. The monoisotopic (exact) mass is 266 g/mol. The molecule has 6 nitrogen and oxygen atoms in total. The van der Waals surface area contributed by atoms with Gasteiger partial charge in [0.25, 0.3) is 0 Å². The molecule has 0 aromatic heterocycles. The van der Waals surface area contributed by atoms with E-state index in [0.717, 1.165) is 0 Å². The molecule has 0 aromatic carbocycles. The molecule has 2 atom stereocenters. The molecule has 0 aliphatic rings. The van der Waals surface area contributed by atoms with Crippen molar-refractivity contribution < 1.29 is 19.8 Å². The first-order chi connectivity index (χ1) is 7.45. The van der Waals surface area contributed by atoms with Gasteiger partial charge in [-0.3, -0.25) is 9.59 Å². The lowest BCUT2D eigenvalue weighted by Crippen LogP contribution is -2.30. The third kappa shape index (κ3) is 7.80. The van der Waals surface area contributed by atoms with Crippen LogP contribution in [-0.4, -0.2) is 45.7 Å². The lowest BCUT2D eigenvalue weighted by atomic mass is 10.2. The zero-order valence-electron chi connectivity index (χ0n) is 8.54. The highest BCUT2D eigenvalue weighted by Crippen LogP contribution is 2.23. The van der Waals surface area contributed by atoms with Crippen LogP contribution in [0.15, 0.2) is 0 Å². The van der Waals surface area contributed by atoms with Gasteiger partial charge in [-0.15, -0.1) is 5.73 Å². The molecule has 92 valence electrons. The van der Waals surface area contributed by atoms with Gasteiger partial charge in [0.05, 0.1) is 0 Å². The third-order valence-electron chi connectivity index (χ3n) is 1.67. The minimum absolute atomic E-state index is 0.179. The van der Waals surface area contributed by atoms with Crippen LogP contribution in [0.4, 0.5) is 0 Å². The van der Waals surface area contributed by atoms with Crippen molar-refractivity contribution >= 4 is 33.5 Å². The maximum atomic E-state index is 10.3. The summed E-state index contributed by atoms with van der Waals surface area (Å²) >= 11 is 0. The fourth-order valence-corrected chi connectivity index (χ4v) is 2.89. The van der Waals surface area contributed by atoms with E-state index in [4.69, 9.17) is 21.7 Å². The van der Waals surface area contributed by atoms with Gasteiger partial charge < -0.3 is 15.9 Å². The van der Waals surface area contributed by atoms with E-state index < -0.39 is 24.0 Å². The van der Waals surface area contributed by atoms with Crippen LogP contribution in [0.2, 0.25) is 0 Å². The van der Waals surface area contributed by atoms with Crippen LogP contribution in [0.25, 0.3) is 0 Å². The number of carboxylic acids is 2. The summed E-state index contributed by atoms with van der Waals surface area (Å²) in [7, 11) is 2.82. The van der Waals surface area contributed by atoms with Gasteiger partial charge in [0, 0.05) is 11.5 Å². The smallest absolute Gasteiger partial charge is 0.324 e. The number of hydrogen-bond donors (Lipinski definition) is 3. The molecule has 0 aliphatic heterocycles. The molecule has 16 heavy (non-hydrogen) atoms. The molecule has 8 heteroatoms. The molecule has 0 heterocycles. The first-order valence-corrected chi connectivity index (χ1v) is 7.07. The SMILES string of the molecule is [N]C(CCSSCCC(N)C(=O)O)C(=O)O. The van der Waals surface area contributed by atoms with Crippen LogP contribution in [0.1, 0.15) is 12.8 Å². The molecule has 0 bridgehead atoms. The number of nitrogens with zero attached hydrogens (tertiary/aromatic N) is 1. The van der Waals surface area contributed by atoms with E-state index in [9.17, 15) is 9.59 Å². The summed E-state index contributed by atoms with van der Waals surface area (Å²) in [4.78, 5) is 20.6. The summed E-state index contributed by atoms with van der Waals surface area (Å²) in [5.74, 6) is -1.16. The van der Waals surface area contributed by atoms with Gasteiger partial charge in [0.2, 0.25) is 0 Å². The van der Waals surface area contributed by atoms with Crippen molar-refractivity contribution in [2.24, 2.45) is 5.73 Å².